The Bertz CT molecular complexity index is 765. The summed E-state index contributed by atoms with van der Waals surface area (Å²) in [6, 6.07) is 3.82. The zero-order valence-electron chi connectivity index (χ0n) is 14.6. The first-order valence-corrected chi connectivity index (χ1v) is 9.12. The van der Waals surface area contributed by atoms with Crippen molar-refractivity contribution < 1.29 is 4.79 Å². The van der Waals surface area contributed by atoms with Gasteiger partial charge in [-0.1, -0.05) is 0 Å². The van der Waals surface area contributed by atoms with E-state index in [0.717, 1.165) is 62.8 Å². The monoisotopic (exact) mass is 340 g/mol. The van der Waals surface area contributed by atoms with Crippen molar-refractivity contribution in [3.8, 4) is 0 Å². The Hall–Kier alpha value is -2.44. The molecule has 1 atom stereocenters. The van der Waals surface area contributed by atoms with Gasteiger partial charge in [-0.2, -0.15) is 0 Å². The highest BCUT2D eigenvalue weighted by Gasteiger charge is 2.25. The number of nitrogens with one attached hydrogen (secondary N) is 1. The number of pyridine rings is 1. The molecule has 0 bridgehead atoms. The van der Waals surface area contributed by atoms with Gasteiger partial charge in [-0.05, 0) is 44.7 Å². The largest absolute Gasteiger partial charge is 0.356 e. The standard InChI is InChI=1S/C18H24N6O/c1-13-21-22-16-8-7-14(12-24(13)16)20-18(25)15-6-5-9-19-17(15)23-10-3-2-4-11-23/h5-6,9,14H,2-4,7-8,10-12H2,1H3,(H,20,25). The molecule has 2 aromatic heterocycles. The molecule has 0 radical (unpaired) electrons. The lowest BCUT2D eigenvalue weighted by Crippen LogP contribution is -2.42. The molecule has 0 aliphatic carbocycles. The van der Waals surface area contributed by atoms with Crippen LogP contribution in [0, 0.1) is 6.92 Å². The van der Waals surface area contributed by atoms with Gasteiger partial charge in [0.05, 0.1) is 5.56 Å². The molecule has 7 heteroatoms. The summed E-state index contributed by atoms with van der Waals surface area (Å²) in [5.74, 6) is 2.70. The fraction of sp³-hybridized carbons (Fsp3) is 0.556. The number of rotatable bonds is 3. The van der Waals surface area contributed by atoms with Crippen LogP contribution in [0.3, 0.4) is 0 Å². The lowest BCUT2D eigenvalue weighted by molar-refractivity contribution is 0.0927. The Kier molecular flexibility index (Phi) is 4.38. The van der Waals surface area contributed by atoms with Gasteiger partial charge in [0.15, 0.2) is 0 Å². The molecule has 0 aromatic carbocycles. The Balaban J connectivity index is 1.49. The predicted octanol–water partition coefficient (Wildman–Crippen LogP) is 1.72. The first kappa shape index (κ1) is 16.1. The van der Waals surface area contributed by atoms with E-state index in [0.29, 0.717) is 5.56 Å². The molecule has 1 amide bonds. The third-order valence-electron chi connectivity index (χ3n) is 5.15. The number of hydrogen-bond acceptors (Lipinski definition) is 5. The number of amides is 1. The van der Waals surface area contributed by atoms with Crippen molar-refractivity contribution in [2.45, 2.75) is 51.6 Å². The van der Waals surface area contributed by atoms with Gasteiger partial charge < -0.3 is 14.8 Å². The number of hydrogen-bond donors (Lipinski definition) is 1. The van der Waals surface area contributed by atoms with Crippen molar-refractivity contribution in [3.05, 3.63) is 35.5 Å². The molecule has 1 N–H and O–H groups in total. The Labute approximate surface area is 147 Å². The van der Waals surface area contributed by atoms with Crippen LogP contribution < -0.4 is 10.2 Å². The summed E-state index contributed by atoms with van der Waals surface area (Å²) in [5, 5.41) is 11.5. The zero-order valence-corrected chi connectivity index (χ0v) is 14.6. The van der Waals surface area contributed by atoms with Crippen LogP contribution >= 0.6 is 0 Å². The van der Waals surface area contributed by atoms with Crippen LogP contribution in [0.25, 0.3) is 0 Å². The number of carbonyl (C=O) groups is 1. The maximum Gasteiger partial charge on any atom is 0.255 e. The minimum atomic E-state index is -0.0344. The summed E-state index contributed by atoms with van der Waals surface area (Å²) in [6.07, 6.45) is 7.09. The second kappa shape index (κ2) is 6.82. The minimum absolute atomic E-state index is 0.0344. The molecular formula is C18H24N6O. The summed E-state index contributed by atoms with van der Waals surface area (Å²) in [6.45, 7) is 4.64. The van der Waals surface area contributed by atoms with Gasteiger partial charge in [-0.15, -0.1) is 10.2 Å². The number of piperidine rings is 1. The third kappa shape index (κ3) is 3.23. The minimum Gasteiger partial charge on any atom is -0.356 e. The van der Waals surface area contributed by atoms with E-state index < -0.39 is 0 Å². The SMILES string of the molecule is Cc1nnc2n1CC(NC(=O)c1cccnc1N1CCCCC1)CC2. The van der Waals surface area contributed by atoms with Crippen LogP contribution in [-0.4, -0.2) is 44.8 Å². The molecule has 4 rings (SSSR count). The van der Waals surface area contributed by atoms with E-state index in [4.69, 9.17) is 0 Å². The van der Waals surface area contributed by atoms with Crippen molar-refractivity contribution in [2.24, 2.45) is 0 Å². The van der Waals surface area contributed by atoms with E-state index in [1.165, 1.54) is 6.42 Å². The third-order valence-corrected chi connectivity index (χ3v) is 5.15. The molecule has 1 saturated heterocycles. The highest BCUT2D eigenvalue weighted by molar-refractivity contribution is 5.99. The van der Waals surface area contributed by atoms with Gasteiger partial charge >= 0.3 is 0 Å². The normalized spacial score (nSPS) is 20.2. The maximum atomic E-state index is 12.9. The van der Waals surface area contributed by atoms with Crippen LogP contribution in [-0.2, 0) is 13.0 Å². The van der Waals surface area contributed by atoms with E-state index in [1.54, 1.807) is 6.20 Å². The van der Waals surface area contributed by atoms with E-state index in [1.807, 2.05) is 19.1 Å². The molecule has 2 aliphatic rings. The summed E-state index contributed by atoms with van der Waals surface area (Å²) >= 11 is 0. The first-order valence-electron chi connectivity index (χ1n) is 9.12. The highest BCUT2D eigenvalue weighted by atomic mass is 16.1. The summed E-state index contributed by atoms with van der Waals surface area (Å²) in [7, 11) is 0. The van der Waals surface area contributed by atoms with E-state index >= 15 is 0 Å². The van der Waals surface area contributed by atoms with Gasteiger partial charge in [-0.25, -0.2) is 4.98 Å². The predicted molar refractivity (Wildman–Crippen MR) is 94.6 cm³/mol. The number of aromatic nitrogens is 4. The van der Waals surface area contributed by atoms with Crippen LogP contribution in [0.4, 0.5) is 5.82 Å². The van der Waals surface area contributed by atoms with E-state index in [9.17, 15) is 4.79 Å². The quantitative estimate of drug-likeness (QED) is 0.921. The molecule has 2 aliphatic heterocycles. The van der Waals surface area contributed by atoms with Crippen molar-refractivity contribution in [3.63, 3.8) is 0 Å². The molecule has 132 valence electrons. The van der Waals surface area contributed by atoms with Gasteiger partial charge in [-0.3, -0.25) is 4.79 Å². The van der Waals surface area contributed by atoms with Crippen molar-refractivity contribution in [1.29, 1.82) is 0 Å². The molecule has 7 nitrogen and oxygen atoms in total. The Morgan fingerprint density at radius 2 is 2.08 bits per heavy atom. The van der Waals surface area contributed by atoms with Crippen molar-refractivity contribution >= 4 is 11.7 Å². The summed E-state index contributed by atoms with van der Waals surface area (Å²) in [5.41, 5.74) is 0.677. The number of anilines is 1. The number of nitrogens with zero attached hydrogens (tertiary/aromatic N) is 5. The molecule has 25 heavy (non-hydrogen) atoms. The van der Waals surface area contributed by atoms with Crippen molar-refractivity contribution in [1.82, 2.24) is 25.1 Å². The fourth-order valence-corrected chi connectivity index (χ4v) is 3.78. The molecule has 2 aromatic rings. The fourth-order valence-electron chi connectivity index (χ4n) is 3.78. The number of carbonyl (C=O) groups excluding carboxylic acids is 1. The second-order valence-corrected chi connectivity index (χ2v) is 6.91. The van der Waals surface area contributed by atoms with E-state index in [-0.39, 0.29) is 11.9 Å². The average Bonchev–Trinajstić information content (AvgIpc) is 3.03. The highest BCUT2D eigenvalue weighted by Crippen LogP contribution is 2.22. The van der Waals surface area contributed by atoms with Gasteiger partial charge in [0, 0.05) is 38.3 Å². The average molecular weight is 340 g/mol. The zero-order chi connectivity index (χ0) is 17.2. The van der Waals surface area contributed by atoms with Gasteiger partial charge in [0.25, 0.3) is 5.91 Å². The van der Waals surface area contributed by atoms with Crippen molar-refractivity contribution in [2.75, 3.05) is 18.0 Å². The molecule has 0 spiro atoms. The smallest absolute Gasteiger partial charge is 0.255 e. The Morgan fingerprint density at radius 3 is 2.92 bits per heavy atom. The van der Waals surface area contributed by atoms with E-state index in [2.05, 4.69) is 30.0 Å². The van der Waals surface area contributed by atoms with Gasteiger partial charge in [0.2, 0.25) is 0 Å². The first-order chi connectivity index (χ1) is 12.2. The lowest BCUT2D eigenvalue weighted by atomic mass is 10.1. The molecule has 1 fully saturated rings. The summed E-state index contributed by atoms with van der Waals surface area (Å²) < 4.78 is 2.10. The Morgan fingerprint density at radius 1 is 1.24 bits per heavy atom. The molecule has 0 saturated carbocycles. The van der Waals surface area contributed by atoms with Crippen LogP contribution in [0.2, 0.25) is 0 Å². The maximum absolute atomic E-state index is 12.9. The van der Waals surface area contributed by atoms with Crippen LogP contribution in [0.1, 0.15) is 47.7 Å². The number of fused-ring (bicyclic) bond motifs is 1. The van der Waals surface area contributed by atoms with Crippen LogP contribution in [0.15, 0.2) is 18.3 Å². The van der Waals surface area contributed by atoms with Gasteiger partial charge in [0.1, 0.15) is 17.5 Å². The lowest BCUT2D eigenvalue weighted by Gasteiger charge is -2.30. The second-order valence-electron chi connectivity index (χ2n) is 6.91. The topological polar surface area (TPSA) is 75.9 Å². The molecule has 4 heterocycles. The molecular weight excluding hydrogens is 316 g/mol. The van der Waals surface area contributed by atoms with Crippen LogP contribution in [0.5, 0.6) is 0 Å². The summed E-state index contributed by atoms with van der Waals surface area (Å²) in [4.78, 5) is 19.6. The number of aryl methyl sites for hydroxylation is 2. The molecule has 1 unspecified atom stereocenters.